The Morgan fingerprint density at radius 2 is 1.84 bits per heavy atom. The normalized spacial score (nSPS) is 13.1. The predicted octanol–water partition coefficient (Wildman–Crippen LogP) is 1.21. The van der Waals surface area contributed by atoms with Gasteiger partial charge in [-0.2, -0.15) is 0 Å². The minimum Gasteiger partial charge on any atom is -0.493 e. The first-order valence-corrected chi connectivity index (χ1v) is 7.85. The molecule has 0 aliphatic heterocycles. The molecule has 0 spiro atoms. The first-order valence-electron chi connectivity index (χ1n) is 6.03. The molecule has 5 nitrogen and oxygen atoms in total. The Kier molecular flexibility index (Phi) is 5.62. The molecule has 1 atom stereocenters. The highest BCUT2D eigenvalue weighted by molar-refractivity contribution is 7.90. The molecule has 1 aromatic carbocycles. The lowest BCUT2D eigenvalue weighted by Gasteiger charge is -2.12. The zero-order chi connectivity index (χ0) is 14.5. The molecule has 1 unspecified atom stereocenters. The quantitative estimate of drug-likeness (QED) is 0.815. The first-order chi connectivity index (χ1) is 8.91. The summed E-state index contributed by atoms with van der Waals surface area (Å²) in [6, 6.07) is 5.12. The highest BCUT2D eigenvalue weighted by Crippen LogP contribution is 2.28. The molecule has 1 rings (SSSR count). The number of rotatable bonds is 7. The molecule has 0 saturated carbocycles. The van der Waals surface area contributed by atoms with Gasteiger partial charge < -0.3 is 15.2 Å². The summed E-state index contributed by atoms with van der Waals surface area (Å²) >= 11 is 0. The molecule has 0 fully saturated rings. The van der Waals surface area contributed by atoms with E-state index in [0.717, 1.165) is 0 Å². The van der Waals surface area contributed by atoms with E-state index in [0.29, 0.717) is 23.6 Å². The number of hydrogen-bond acceptors (Lipinski definition) is 5. The van der Waals surface area contributed by atoms with Gasteiger partial charge in [-0.1, -0.05) is 13.0 Å². The number of hydrogen-bond donors (Lipinski definition) is 1. The summed E-state index contributed by atoms with van der Waals surface area (Å²) in [5.74, 6) is 1.15. The lowest BCUT2D eigenvalue weighted by molar-refractivity contribution is 0.354. The number of benzene rings is 1. The molecule has 6 heteroatoms. The van der Waals surface area contributed by atoms with E-state index in [1.54, 1.807) is 18.2 Å². The van der Waals surface area contributed by atoms with Crippen LogP contribution in [0.1, 0.15) is 12.5 Å². The van der Waals surface area contributed by atoms with Crippen LogP contribution in [0.2, 0.25) is 0 Å². The van der Waals surface area contributed by atoms with Crippen LogP contribution in [-0.4, -0.2) is 34.9 Å². The summed E-state index contributed by atoms with van der Waals surface area (Å²) in [5.41, 5.74) is 6.14. The van der Waals surface area contributed by atoms with Gasteiger partial charge in [0.25, 0.3) is 0 Å². The summed E-state index contributed by atoms with van der Waals surface area (Å²) in [6.07, 6.45) is 0. The number of sulfone groups is 1. The fourth-order valence-electron chi connectivity index (χ4n) is 1.78. The van der Waals surface area contributed by atoms with Crippen molar-refractivity contribution in [1.82, 2.24) is 0 Å². The van der Waals surface area contributed by atoms with Crippen molar-refractivity contribution in [1.29, 1.82) is 0 Å². The molecule has 108 valence electrons. The third-order valence-electron chi connectivity index (χ3n) is 2.78. The Hall–Kier alpha value is -1.27. The van der Waals surface area contributed by atoms with Gasteiger partial charge in [-0.15, -0.1) is 0 Å². The van der Waals surface area contributed by atoms with Crippen molar-refractivity contribution in [2.24, 2.45) is 11.7 Å². The van der Waals surface area contributed by atoms with Crippen LogP contribution < -0.4 is 15.2 Å². The van der Waals surface area contributed by atoms with Crippen LogP contribution in [0.25, 0.3) is 0 Å². The molecule has 0 aliphatic rings. The molecule has 1 aromatic rings. The standard InChI is InChI=1S/C13H21NO4S/c1-10(7-14)8-19(15,16)9-11-4-5-12(17-2)13(6-11)18-3/h4-6,10H,7-9,14H2,1-3H3. The molecule has 0 aromatic heterocycles. The Labute approximate surface area is 114 Å². The van der Waals surface area contributed by atoms with Gasteiger partial charge >= 0.3 is 0 Å². The molecular formula is C13H21NO4S. The van der Waals surface area contributed by atoms with Crippen LogP contribution in [0.4, 0.5) is 0 Å². The van der Waals surface area contributed by atoms with Crippen molar-refractivity contribution in [3.63, 3.8) is 0 Å². The van der Waals surface area contributed by atoms with Crippen LogP contribution in [0.3, 0.4) is 0 Å². The maximum atomic E-state index is 12.0. The van der Waals surface area contributed by atoms with Gasteiger partial charge in [-0.25, -0.2) is 8.42 Å². The zero-order valence-electron chi connectivity index (χ0n) is 11.5. The van der Waals surface area contributed by atoms with Gasteiger partial charge in [-0.3, -0.25) is 0 Å². The van der Waals surface area contributed by atoms with Crippen LogP contribution in [0, 0.1) is 5.92 Å². The van der Waals surface area contributed by atoms with E-state index in [-0.39, 0.29) is 17.4 Å². The molecule has 0 bridgehead atoms. The highest BCUT2D eigenvalue weighted by atomic mass is 32.2. The van der Waals surface area contributed by atoms with Crippen molar-refractivity contribution in [3.8, 4) is 11.5 Å². The third-order valence-corrected chi connectivity index (χ3v) is 4.63. The van der Waals surface area contributed by atoms with Gasteiger partial charge in [0.05, 0.1) is 25.7 Å². The Balaban J connectivity index is 2.88. The topological polar surface area (TPSA) is 78.6 Å². The summed E-state index contributed by atoms with van der Waals surface area (Å²) < 4.78 is 34.3. The van der Waals surface area contributed by atoms with Crippen LogP contribution in [0.5, 0.6) is 11.5 Å². The lowest BCUT2D eigenvalue weighted by atomic mass is 10.2. The average Bonchev–Trinajstić information content (AvgIpc) is 2.37. The van der Waals surface area contributed by atoms with E-state index in [2.05, 4.69) is 0 Å². The van der Waals surface area contributed by atoms with Gasteiger partial charge in [-0.05, 0) is 30.2 Å². The molecule has 2 N–H and O–H groups in total. The van der Waals surface area contributed by atoms with Crippen molar-refractivity contribution < 1.29 is 17.9 Å². The Bertz CT molecular complexity index is 513. The molecule has 0 saturated heterocycles. The molecule has 0 amide bonds. The number of methoxy groups -OCH3 is 2. The smallest absolute Gasteiger partial charge is 0.161 e. The number of ether oxygens (including phenoxy) is 2. The van der Waals surface area contributed by atoms with E-state index in [4.69, 9.17) is 15.2 Å². The maximum Gasteiger partial charge on any atom is 0.161 e. The van der Waals surface area contributed by atoms with E-state index in [1.807, 2.05) is 6.92 Å². The SMILES string of the molecule is COc1ccc(CS(=O)(=O)CC(C)CN)cc1OC. The van der Waals surface area contributed by atoms with Gasteiger partial charge in [0, 0.05) is 0 Å². The van der Waals surface area contributed by atoms with Crippen molar-refractivity contribution in [3.05, 3.63) is 23.8 Å². The monoisotopic (exact) mass is 287 g/mol. The second-order valence-electron chi connectivity index (χ2n) is 4.58. The van der Waals surface area contributed by atoms with E-state index in [9.17, 15) is 8.42 Å². The molecule has 0 heterocycles. The maximum absolute atomic E-state index is 12.0. The van der Waals surface area contributed by atoms with Gasteiger partial charge in [0.1, 0.15) is 0 Å². The summed E-state index contributed by atoms with van der Waals surface area (Å²) in [6.45, 7) is 2.19. The van der Waals surface area contributed by atoms with Crippen molar-refractivity contribution >= 4 is 9.84 Å². The van der Waals surface area contributed by atoms with E-state index in [1.165, 1.54) is 14.2 Å². The Morgan fingerprint density at radius 3 is 2.37 bits per heavy atom. The van der Waals surface area contributed by atoms with Crippen LogP contribution in [0.15, 0.2) is 18.2 Å². The first kappa shape index (κ1) is 15.8. The van der Waals surface area contributed by atoms with E-state index >= 15 is 0 Å². The summed E-state index contributed by atoms with van der Waals surface area (Å²) in [4.78, 5) is 0. The third kappa shape index (κ3) is 4.72. The lowest BCUT2D eigenvalue weighted by Crippen LogP contribution is -2.22. The molecule has 19 heavy (non-hydrogen) atoms. The fraction of sp³-hybridized carbons (Fsp3) is 0.538. The predicted molar refractivity (Wildman–Crippen MR) is 75.3 cm³/mol. The summed E-state index contributed by atoms with van der Waals surface area (Å²) in [5, 5.41) is 0. The second-order valence-corrected chi connectivity index (χ2v) is 6.69. The molecule has 0 aliphatic carbocycles. The van der Waals surface area contributed by atoms with E-state index < -0.39 is 9.84 Å². The second kappa shape index (κ2) is 6.77. The van der Waals surface area contributed by atoms with Gasteiger partial charge in [0.2, 0.25) is 0 Å². The zero-order valence-corrected chi connectivity index (χ0v) is 12.4. The van der Waals surface area contributed by atoms with Crippen molar-refractivity contribution in [2.45, 2.75) is 12.7 Å². The number of nitrogens with two attached hydrogens (primary N) is 1. The average molecular weight is 287 g/mol. The Morgan fingerprint density at radius 1 is 1.21 bits per heavy atom. The van der Waals surface area contributed by atoms with Crippen LogP contribution in [-0.2, 0) is 15.6 Å². The van der Waals surface area contributed by atoms with Crippen molar-refractivity contribution in [2.75, 3.05) is 26.5 Å². The van der Waals surface area contributed by atoms with Crippen LogP contribution >= 0.6 is 0 Å². The molecule has 0 radical (unpaired) electrons. The van der Waals surface area contributed by atoms with Gasteiger partial charge in [0.15, 0.2) is 21.3 Å². The minimum absolute atomic E-state index is 0.0162. The summed E-state index contributed by atoms with van der Waals surface area (Å²) in [7, 11) is -0.108. The molecular weight excluding hydrogens is 266 g/mol. The highest BCUT2D eigenvalue weighted by Gasteiger charge is 2.17. The fourth-order valence-corrected chi connectivity index (χ4v) is 3.59. The minimum atomic E-state index is -3.17. The largest absolute Gasteiger partial charge is 0.493 e.